The Hall–Kier alpha value is -5.80. The predicted molar refractivity (Wildman–Crippen MR) is 202 cm³/mol. The third kappa shape index (κ3) is 7.25. The first-order valence-corrected chi connectivity index (χ1v) is 17.2. The zero-order chi connectivity index (χ0) is 34.5. The number of anilines is 2. The summed E-state index contributed by atoms with van der Waals surface area (Å²) >= 11 is 0. The molecule has 51 heavy (non-hydrogen) atoms. The molecule has 0 spiro atoms. The molecule has 0 aliphatic heterocycles. The number of nitrogens with one attached hydrogen (secondary N) is 2. The van der Waals surface area contributed by atoms with Crippen molar-refractivity contribution in [2.24, 2.45) is 0 Å². The second-order valence-electron chi connectivity index (χ2n) is 12.5. The van der Waals surface area contributed by atoms with Gasteiger partial charge >= 0.3 is 0 Å². The van der Waals surface area contributed by atoms with Crippen molar-refractivity contribution in [1.29, 1.82) is 0 Å². The van der Waals surface area contributed by atoms with E-state index in [1.165, 1.54) is 0 Å². The topological polar surface area (TPSA) is 134 Å². The lowest BCUT2D eigenvalue weighted by molar-refractivity contribution is 0.0964. The van der Waals surface area contributed by atoms with Crippen LogP contribution in [0.5, 0.6) is 11.5 Å². The van der Waals surface area contributed by atoms with E-state index in [-0.39, 0.29) is 17.0 Å². The van der Waals surface area contributed by atoms with Crippen LogP contribution in [-0.4, -0.2) is 41.2 Å². The van der Waals surface area contributed by atoms with Crippen LogP contribution in [0.1, 0.15) is 68.9 Å². The largest absolute Gasteiger partial charge is 0.496 e. The van der Waals surface area contributed by atoms with Gasteiger partial charge in [-0.15, -0.1) is 0 Å². The molecule has 0 saturated carbocycles. The molecule has 2 aromatic heterocycles. The molecule has 0 amide bonds. The van der Waals surface area contributed by atoms with Crippen molar-refractivity contribution in [3.8, 4) is 11.5 Å². The highest BCUT2D eigenvalue weighted by molar-refractivity contribution is 6.10. The predicted octanol–water partition coefficient (Wildman–Crippen LogP) is 7.92. The summed E-state index contributed by atoms with van der Waals surface area (Å²) in [7, 11) is 3.35. The Morgan fingerprint density at radius 2 is 0.941 bits per heavy atom. The number of pyridine rings is 2. The summed E-state index contributed by atoms with van der Waals surface area (Å²) in [5.74, 6) is 2.05. The Kier molecular flexibility index (Phi) is 10.9. The van der Waals surface area contributed by atoms with E-state index < -0.39 is 0 Å². The van der Waals surface area contributed by atoms with Gasteiger partial charge in [0.05, 0.1) is 59.1 Å². The molecule has 9 nitrogen and oxygen atoms in total. The number of nitrogens with zero attached hydrogens (tertiary/aromatic N) is 2. The zero-order valence-corrected chi connectivity index (χ0v) is 28.9. The van der Waals surface area contributed by atoms with E-state index in [9.17, 15) is 9.59 Å². The number of benzene rings is 4. The van der Waals surface area contributed by atoms with Crippen molar-refractivity contribution >= 4 is 44.7 Å². The number of carbonyl (C=O) groups is 2. The van der Waals surface area contributed by atoms with Crippen LogP contribution in [0.3, 0.4) is 0 Å². The number of fused-ring (bicyclic) bond motifs is 4. The van der Waals surface area contributed by atoms with Gasteiger partial charge in [-0.05, 0) is 49.9 Å². The molecule has 8 rings (SSSR count). The number of ether oxygens (including phenoxy) is 2. The van der Waals surface area contributed by atoms with E-state index in [4.69, 9.17) is 19.4 Å². The van der Waals surface area contributed by atoms with Gasteiger partial charge in [0, 0.05) is 47.8 Å². The fourth-order valence-corrected chi connectivity index (χ4v) is 7.00. The van der Waals surface area contributed by atoms with E-state index in [0.717, 1.165) is 104 Å². The fourth-order valence-electron chi connectivity index (χ4n) is 7.00. The van der Waals surface area contributed by atoms with Gasteiger partial charge in [-0.25, -0.2) is 0 Å². The fraction of sp³-hybridized carbons (Fsp3) is 0.238. The minimum atomic E-state index is 0. The summed E-state index contributed by atoms with van der Waals surface area (Å²) < 4.78 is 10.9. The first kappa shape index (κ1) is 35.0. The number of methoxy groups -OCH3 is 2. The summed E-state index contributed by atoms with van der Waals surface area (Å²) in [4.78, 5) is 34.6. The van der Waals surface area contributed by atoms with Crippen LogP contribution in [0.2, 0.25) is 0 Å². The minimum Gasteiger partial charge on any atom is -0.496 e. The monoisotopic (exact) mass is 682 g/mol. The third-order valence-electron chi connectivity index (χ3n) is 9.42. The van der Waals surface area contributed by atoms with Crippen molar-refractivity contribution in [2.75, 3.05) is 24.9 Å². The van der Waals surface area contributed by atoms with Crippen LogP contribution in [0, 0.1) is 0 Å². The van der Waals surface area contributed by atoms with Crippen molar-refractivity contribution < 1.29 is 24.5 Å². The molecule has 2 heterocycles. The van der Waals surface area contributed by atoms with Crippen LogP contribution in [0.25, 0.3) is 21.8 Å². The Balaban J connectivity index is 0.000000172. The highest BCUT2D eigenvalue weighted by atomic mass is 16.5. The zero-order valence-electron chi connectivity index (χ0n) is 28.9. The van der Waals surface area contributed by atoms with E-state index in [1.807, 2.05) is 97.1 Å². The maximum absolute atomic E-state index is 12.6. The summed E-state index contributed by atoms with van der Waals surface area (Å²) in [6, 6.07) is 31.8. The molecule has 4 N–H and O–H groups in total. The number of hydrogen-bond donors (Lipinski definition) is 2. The number of carbonyl (C=O) groups excluding carboxylic acids is 2. The van der Waals surface area contributed by atoms with Gasteiger partial charge in [0.1, 0.15) is 11.5 Å². The lowest BCUT2D eigenvalue weighted by atomic mass is 9.91. The molecule has 2 aliphatic carbocycles. The standard InChI is InChI=1S/2C21H20N2O2.H2O/c2*1-25-19-12-5-2-7-14(19)13-22-21-15-8-3-4-9-16(15)23-17-10-6-11-18(24)20(17)21;/h2*2-5,7-9,12H,6,10-11,13H2,1H3,(H,22,23);1H2. The van der Waals surface area contributed by atoms with Gasteiger partial charge in [-0.3, -0.25) is 19.6 Å². The van der Waals surface area contributed by atoms with E-state index in [0.29, 0.717) is 25.9 Å². The highest BCUT2D eigenvalue weighted by Crippen LogP contribution is 2.35. The van der Waals surface area contributed by atoms with Gasteiger partial charge in [0.2, 0.25) is 0 Å². The molecule has 6 aromatic rings. The highest BCUT2D eigenvalue weighted by Gasteiger charge is 2.26. The molecular weight excluding hydrogens is 640 g/mol. The molecule has 4 aromatic carbocycles. The Labute approximate surface area is 297 Å². The first-order chi connectivity index (χ1) is 24.6. The van der Waals surface area contributed by atoms with Gasteiger partial charge in [0.25, 0.3) is 0 Å². The summed E-state index contributed by atoms with van der Waals surface area (Å²) in [6.45, 7) is 1.19. The number of rotatable bonds is 8. The number of hydrogen-bond acceptors (Lipinski definition) is 8. The average molecular weight is 683 g/mol. The molecule has 0 unspecified atom stereocenters. The van der Waals surface area contributed by atoms with Gasteiger partial charge < -0.3 is 25.6 Å². The van der Waals surface area contributed by atoms with E-state index in [1.54, 1.807) is 14.2 Å². The number of Topliss-reactive ketones (excluding diaryl/α,β-unsaturated/α-hetero) is 2. The van der Waals surface area contributed by atoms with Crippen LogP contribution < -0.4 is 20.1 Å². The third-order valence-corrected chi connectivity index (χ3v) is 9.42. The number of aromatic nitrogens is 2. The molecule has 0 bridgehead atoms. The lowest BCUT2D eigenvalue weighted by Crippen LogP contribution is -2.17. The van der Waals surface area contributed by atoms with Crippen LogP contribution in [0.4, 0.5) is 11.4 Å². The van der Waals surface area contributed by atoms with E-state index >= 15 is 0 Å². The molecule has 0 radical (unpaired) electrons. The molecule has 0 fully saturated rings. The maximum atomic E-state index is 12.6. The first-order valence-electron chi connectivity index (χ1n) is 17.2. The van der Waals surface area contributed by atoms with Crippen molar-refractivity contribution in [3.05, 3.63) is 131 Å². The van der Waals surface area contributed by atoms with Crippen LogP contribution >= 0.6 is 0 Å². The second kappa shape index (κ2) is 15.8. The SMILES string of the molecule is COc1ccccc1CNc1c2c(nc3ccccc13)CCCC2=O.COc1ccccc1CNc1c2c(nc3ccccc13)CCCC2=O.O. The minimum absolute atomic E-state index is 0. The lowest BCUT2D eigenvalue weighted by Gasteiger charge is -2.21. The summed E-state index contributed by atoms with van der Waals surface area (Å²) in [5.41, 5.74) is 9.13. The van der Waals surface area contributed by atoms with Crippen molar-refractivity contribution in [3.63, 3.8) is 0 Å². The second-order valence-corrected chi connectivity index (χ2v) is 12.5. The number of para-hydroxylation sites is 4. The quantitative estimate of drug-likeness (QED) is 0.165. The molecule has 2 aliphatic rings. The average Bonchev–Trinajstić information content (AvgIpc) is 3.16. The maximum Gasteiger partial charge on any atom is 0.166 e. The summed E-state index contributed by atoms with van der Waals surface area (Å²) in [6.07, 6.45) is 4.66. The normalized spacial score (nSPS) is 13.3. The van der Waals surface area contributed by atoms with Gasteiger partial charge in [0.15, 0.2) is 11.6 Å². The summed E-state index contributed by atoms with van der Waals surface area (Å²) in [5, 5.41) is 8.98. The van der Waals surface area contributed by atoms with Crippen molar-refractivity contribution in [1.82, 2.24) is 9.97 Å². The van der Waals surface area contributed by atoms with E-state index in [2.05, 4.69) is 10.6 Å². The van der Waals surface area contributed by atoms with Gasteiger partial charge in [-0.2, -0.15) is 0 Å². The van der Waals surface area contributed by atoms with Crippen LogP contribution in [0.15, 0.2) is 97.1 Å². The number of ketones is 2. The Morgan fingerprint density at radius 1 is 0.549 bits per heavy atom. The van der Waals surface area contributed by atoms with Crippen molar-refractivity contribution in [2.45, 2.75) is 51.6 Å². The Morgan fingerprint density at radius 3 is 1.37 bits per heavy atom. The molecular formula is C42H42N4O5. The number of aryl methyl sites for hydroxylation is 2. The van der Waals surface area contributed by atoms with Crippen LogP contribution in [-0.2, 0) is 25.9 Å². The molecule has 260 valence electrons. The van der Waals surface area contributed by atoms with Gasteiger partial charge in [-0.1, -0.05) is 72.8 Å². The molecule has 9 heteroatoms. The molecule has 0 atom stereocenters. The Bertz CT molecular complexity index is 2060. The molecule has 0 saturated heterocycles. The smallest absolute Gasteiger partial charge is 0.166 e.